The Balaban J connectivity index is 1.39. The standard InChI is InChI=1S/C22H31NO6/c1-18(24)12-15-27-13-8-4-2-3-5-9-14-28-16-17-29-23-21(25)19-10-6-7-11-20(19)22(23)26/h6-7,10-11H,2-5,8-9,12-17H2,1H3. The van der Waals surface area contributed by atoms with E-state index in [4.69, 9.17) is 14.3 Å². The van der Waals surface area contributed by atoms with Crippen molar-refractivity contribution in [2.75, 3.05) is 33.0 Å². The second kappa shape index (κ2) is 13.2. The molecule has 2 amide bonds. The number of hydrogen-bond donors (Lipinski definition) is 0. The van der Waals surface area contributed by atoms with E-state index in [1.165, 1.54) is 6.42 Å². The average Bonchev–Trinajstić information content (AvgIpc) is 2.95. The molecule has 1 heterocycles. The third kappa shape index (κ3) is 8.04. The Morgan fingerprint density at radius 3 is 1.83 bits per heavy atom. The summed E-state index contributed by atoms with van der Waals surface area (Å²) >= 11 is 0. The van der Waals surface area contributed by atoms with E-state index in [2.05, 4.69) is 0 Å². The maximum atomic E-state index is 12.1. The van der Waals surface area contributed by atoms with Crippen LogP contribution in [0.4, 0.5) is 0 Å². The topological polar surface area (TPSA) is 82.1 Å². The molecule has 0 aromatic heterocycles. The van der Waals surface area contributed by atoms with Gasteiger partial charge < -0.3 is 9.47 Å². The Morgan fingerprint density at radius 1 is 0.759 bits per heavy atom. The van der Waals surface area contributed by atoms with Crippen LogP contribution in [0.1, 0.15) is 72.6 Å². The molecule has 0 aliphatic carbocycles. The Morgan fingerprint density at radius 2 is 1.28 bits per heavy atom. The first-order valence-corrected chi connectivity index (χ1v) is 10.4. The minimum absolute atomic E-state index is 0.162. The molecule has 7 heteroatoms. The van der Waals surface area contributed by atoms with Crippen LogP contribution in [0, 0.1) is 0 Å². The lowest BCUT2D eigenvalue weighted by Gasteiger charge is -2.13. The largest absolute Gasteiger partial charge is 0.381 e. The number of rotatable bonds is 16. The van der Waals surface area contributed by atoms with Crippen molar-refractivity contribution in [3.8, 4) is 0 Å². The molecule has 1 aliphatic rings. The molecule has 0 saturated carbocycles. The summed E-state index contributed by atoms with van der Waals surface area (Å²) in [5.74, 6) is -0.674. The van der Waals surface area contributed by atoms with Gasteiger partial charge in [-0.2, -0.15) is 0 Å². The first-order valence-electron chi connectivity index (χ1n) is 10.4. The molecule has 2 rings (SSSR count). The van der Waals surface area contributed by atoms with Crippen molar-refractivity contribution in [3.05, 3.63) is 35.4 Å². The summed E-state index contributed by atoms with van der Waals surface area (Å²) in [5, 5.41) is 0.817. The number of amides is 2. The number of benzene rings is 1. The summed E-state index contributed by atoms with van der Waals surface area (Å²) in [7, 11) is 0. The van der Waals surface area contributed by atoms with Gasteiger partial charge in [-0.05, 0) is 31.9 Å². The van der Waals surface area contributed by atoms with Crippen molar-refractivity contribution in [3.63, 3.8) is 0 Å². The fourth-order valence-corrected chi connectivity index (χ4v) is 3.01. The Bertz CT molecular complexity index is 640. The van der Waals surface area contributed by atoms with Crippen LogP contribution in [-0.4, -0.2) is 55.7 Å². The zero-order valence-electron chi connectivity index (χ0n) is 17.2. The normalized spacial score (nSPS) is 13.2. The molecule has 0 spiro atoms. The number of unbranched alkanes of at least 4 members (excludes halogenated alkanes) is 5. The molecule has 1 aromatic rings. The second-order valence-electron chi connectivity index (χ2n) is 7.08. The number of nitrogens with zero attached hydrogens (tertiary/aromatic N) is 1. The van der Waals surface area contributed by atoms with Crippen LogP contribution in [0.3, 0.4) is 0 Å². The highest BCUT2D eigenvalue weighted by atomic mass is 16.7. The first-order chi connectivity index (χ1) is 14.1. The molecule has 0 saturated heterocycles. The van der Waals surface area contributed by atoms with E-state index >= 15 is 0 Å². The molecule has 0 unspecified atom stereocenters. The van der Waals surface area contributed by atoms with E-state index in [-0.39, 0.29) is 12.4 Å². The van der Waals surface area contributed by atoms with Crippen molar-refractivity contribution < 1.29 is 28.7 Å². The number of imide groups is 1. The summed E-state index contributed by atoms with van der Waals surface area (Å²) in [6.45, 7) is 3.97. The van der Waals surface area contributed by atoms with Crippen molar-refractivity contribution in [2.24, 2.45) is 0 Å². The zero-order valence-corrected chi connectivity index (χ0v) is 17.2. The summed E-state index contributed by atoms with van der Waals surface area (Å²) in [4.78, 5) is 40.3. The lowest BCUT2D eigenvalue weighted by atomic mass is 10.1. The van der Waals surface area contributed by atoms with Gasteiger partial charge >= 0.3 is 0 Å². The Labute approximate surface area is 172 Å². The lowest BCUT2D eigenvalue weighted by Crippen LogP contribution is -2.31. The van der Waals surface area contributed by atoms with Crippen LogP contribution in [0.5, 0.6) is 0 Å². The van der Waals surface area contributed by atoms with Crippen LogP contribution in [0.25, 0.3) is 0 Å². The number of fused-ring (bicyclic) bond motifs is 1. The fourth-order valence-electron chi connectivity index (χ4n) is 3.01. The fraction of sp³-hybridized carbons (Fsp3) is 0.591. The van der Waals surface area contributed by atoms with Gasteiger partial charge in [0.25, 0.3) is 11.8 Å². The quantitative estimate of drug-likeness (QED) is 0.309. The zero-order chi connectivity index (χ0) is 20.9. The van der Waals surface area contributed by atoms with Crippen molar-refractivity contribution >= 4 is 17.6 Å². The number of Topliss-reactive ketones (excluding diaryl/α,β-unsaturated/α-hetero) is 1. The van der Waals surface area contributed by atoms with E-state index in [9.17, 15) is 14.4 Å². The molecule has 1 aliphatic heterocycles. The van der Waals surface area contributed by atoms with Gasteiger partial charge in [0.2, 0.25) is 0 Å². The number of hydroxylamine groups is 2. The molecule has 0 fully saturated rings. The highest BCUT2D eigenvalue weighted by molar-refractivity contribution is 6.20. The van der Waals surface area contributed by atoms with E-state index < -0.39 is 11.8 Å². The highest BCUT2D eigenvalue weighted by Crippen LogP contribution is 2.22. The van der Waals surface area contributed by atoms with Crippen LogP contribution in [0.15, 0.2) is 24.3 Å². The van der Waals surface area contributed by atoms with Crippen LogP contribution in [0.2, 0.25) is 0 Å². The minimum atomic E-state index is -0.421. The number of ether oxygens (including phenoxy) is 2. The highest BCUT2D eigenvalue weighted by Gasteiger charge is 2.36. The van der Waals surface area contributed by atoms with Gasteiger partial charge in [-0.1, -0.05) is 37.8 Å². The molecule has 160 valence electrons. The molecular formula is C22H31NO6. The average molecular weight is 405 g/mol. The maximum Gasteiger partial charge on any atom is 0.285 e. The van der Waals surface area contributed by atoms with Gasteiger partial charge in [0.15, 0.2) is 0 Å². The van der Waals surface area contributed by atoms with Crippen LogP contribution in [-0.2, 0) is 19.1 Å². The predicted molar refractivity (Wildman–Crippen MR) is 108 cm³/mol. The SMILES string of the molecule is CC(=O)CCOCCCCCCCCOCCON1C(=O)c2ccccc2C1=O. The third-order valence-corrected chi connectivity index (χ3v) is 4.63. The molecule has 0 bridgehead atoms. The molecule has 0 atom stereocenters. The van der Waals surface area contributed by atoms with Gasteiger partial charge in [0, 0.05) is 19.6 Å². The third-order valence-electron chi connectivity index (χ3n) is 4.63. The molecule has 29 heavy (non-hydrogen) atoms. The summed E-state index contributed by atoms with van der Waals surface area (Å²) in [5.41, 5.74) is 0.752. The van der Waals surface area contributed by atoms with E-state index in [0.717, 1.165) is 43.8 Å². The van der Waals surface area contributed by atoms with Crippen LogP contribution >= 0.6 is 0 Å². The number of carbonyl (C=O) groups is 3. The molecule has 7 nitrogen and oxygen atoms in total. The van der Waals surface area contributed by atoms with Crippen LogP contribution < -0.4 is 0 Å². The molecule has 0 N–H and O–H groups in total. The monoisotopic (exact) mass is 405 g/mol. The molecule has 0 radical (unpaired) electrons. The summed E-state index contributed by atoms with van der Waals surface area (Å²) < 4.78 is 10.9. The van der Waals surface area contributed by atoms with Gasteiger partial charge in [0.1, 0.15) is 5.78 Å². The van der Waals surface area contributed by atoms with Gasteiger partial charge in [-0.15, -0.1) is 5.06 Å². The smallest absolute Gasteiger partial charge is 0.285 e. The molecule has 1 aromatic carbocycles. The summed E-state index contributed by atoms with van der Waals surface area (Å²) in [6, 6.07) is 6.69. The Hall–Kier alpha value is -2.09. The maximum absolute atomic E-state index is 12.1. The van der Waals surface area contributed by atoms with Crippen molar-refractivity contribution in [1.82, 2.24) is 5.06 Å². The predicted octanol–water partition coefficient (Wildman–Crippen LogP) is 3.57. The second-order valence-corrected chi connectivity index (χ2v) is 7.08. The van der Waals surface area contributed by atoms with E-state index in [1.54, 1.807) is 31.2 Å². The number of carbonyl (C=O) groups excluding carboxylic acids is 3. The Kier molecular flexibility index (Phi) is 10.5. The number of hydrogen-bond acceptors (Lipinski definition) is 6. The van der Waals surface area contributed by atoms with Gasteiger partial charge in [0.05, 0.1) is 30.9 Å². The summed E-state index contributed by atoms with van der Waals surface area (Å²) in [6.07, 6.45) is 7.07. The lowest BCUT2D eigenvalue weighted by molar-refractivity contribution is -0.118. The van der Waals surface area contributed by atoms with Gasteiger partial charge in [-0.25, -0.2) is 0 Å². The van der Waals surface area contributed by atoms with Gasteiger partial charge in [-0.3, -0.25) is 19.2 Å². The molecular weight excluding hydrogens is 374 g/mol. The van der Waals surface area contributed by atoms with Crippen molar-refractivity contribution in [2.45, 2.75) is 51.9 Å². The van der Waals surface area contributed by atoms with E-state index in [1.807, 2.05) is 0 Å². The van der Waals surface area contributed by atoms with E-state index in [0.29, 0.717) is 37.4 Å². The van der Waals surface area contributed by atoms with Crippen molar-refractivity contribution in [1.29, 1.82) is 0 Å². The number of ketones is 1. The minimum Gasteiger partial charge on any atom is -0.381 e. The first kappa shape index (κ1) is 23.2.